The monoisotopic (exact) mass is 579 g/mol. The number of benzene rings is 2. The molecule has 1 unspecified atom stereocenters. The maximum atomic E-state index is 14.0. The molecular weight excluding hydrogens is 550 g/mol. The summed E-state index contributed by atoms with van der Waals surface area (Å²) in [5.41, 5.74) is 6.62. The second-order valence-corrected chi connectivity index (χ2v) is 9.84. The van der Waals surface area contributed by atoms with Crippen LogP contribution in [0, 0.1) is 29.2 Å². The number of carbonyl (C=O) groups is 4. The third-order valence-electron chi connectivity index (χ3n) is 7.08. The van der Waals surface area contributed by atoms with Crippen LogP contribution in [0.5, 0.6) is 0 Å². The number of carboxylic acid groups (broad SMARTS) is 2. The first-order valence-corrected chi connectivity index (χ1v) is 12.7. The van der Waals surface area contributed by atoms with Crippen LogP contribution in [0.15, 0.2) is 48.6 Å². The van der Waals surface area contributed by atoms with Gasteiger partial charge in [0.25, 0.3) is 5.91 Å². The average molecular weight is 580 g/mol. The van der Waals surface area contributed by atoms with E-state index in [2.05, 4.69) is 5.32 Å². The molecule has 5 N–H and O–H groups in total. The van der Waals surface area contributed by atoms with Gasteiger partial charge in [-0.25, -0.2) is 27.2 Å². The van der Waals surface area contributed by atoms with Gasteiger partial charge in [0.15, 0.2) is 11.6 Å². The van der Waals surface area contributed by atoms with Crippen molar-refractivity contribution in [1.82, 2.24) is 10.2 Å². The maximum Gasteiger partial charge on any atom is 0.328 e. The van der Waals surface area contributed by atoms with E-state index in [0.29, 0.717) is 31.1 Å². The van der Waals surface area contributed by atoms with Crippen molar-refractivity contribution in [3.8, 4) is 0 Å². The molecule has 0 aromatic heterocycles. The van der Waals surface area contributed by atoms with Crippen molar-refractivity contribution in [2.45, 2.75) is 50.2 Å². The molecule has 0 aliphatic carbocycles. The predicted molar refractivity (Wildman–Crippen MR) is 138 cm³/mol. The highest BCUT2D eigenvalue weighted by atomic mass is 19.2. The van der Waals surface area contributed by atoms with Gasteiger partial charge in [0.05, 0.1) is 6.54 Å². The second kappa shape index (κ2) is 13.9. The molecule has 2 bridgehead atoms. The van der Waals surface area contributed by atoms with E-state index in [0.717, 1.165) is 18.9 Å². The molecule has 2 aromatic rings. The van der Waals surface area contributed by atoms with E-state index < -0.39 is 47.2 Å². The zero-order valence-corrected chi connectivity index (χ0v) is 21.7. The van der Waals surface area contributed by atoms with Gasteiger partial charge in [0.2, 0.25) is 5.91 Å². The predicted octanol–water partition coefficient (Wildman–Crippen LogP) is 3.02. The molecular formula is C28H29F4N3O6. The molecule has 0 radical (unpaired) electrons. The highest BCUT2D eigenvalue weighted by Crippen LogP contribution is 2.40. The number of fused-ring (bicyclic) bond motifs is 2. The standard InChI is InChI=1S/C24H25F4N3O2.C4H4O4/c25-16-3-1-13(2-4-16)24(33)30-12-23(32)31-17-5-6-18(31)8-15(7-17)22(29)10-14-9-20(27)21(28)11-19(14)26;5-3(6)1-2-4(7)8/h1-4,9,11,15,17-18,22H,5-8,10,12,29H2,(H,30,33);1-2H,(H,5,6)(H,7,8)/b;2-1-/t15?,17-,18+,22-;/m1./s1. The van der Waals surface area contributed by atoms with E-state index in [1.807, 2.05) is 0 Å². The summed E-state index contributed by atoms with van der Waals surface area (Å²) in [6.45, 7) is -0.167. The van der Waals surface area contributed by atoms with Crippen LogP contribution in [-0.4, -0.2) is 63.5 Å². The lowest BCUT2D eigenvalue weighted by atomic mass is 9.82. The minimum absolute atomic E-state index is 0.00729. The van der Waals surface area contributed by atoms with Crippen molar-refractivity contribution in [3.05, 3.63) is 82.9 Å². The fourth-order valence-corrected chi connectivity index (χ4v) is 5.21. The molecule has 0 spiro atoms. The van der Waals surface area contributed by atoms with E-state index >= 15 is 0 Å². The summed E-state index contributed by atoms with van der Waals surface area (Å²) in [5.74, 6) is -6.78. The number of aliphatic carboxylic acids is 2. The fraction of sp³-hybridized carbons (Fsp3) is 0.357. The zero-order chi connectivity index (χ0) is 30.3. The number of piperidine rings is 1. The Hall–Kier alpha value is -4.26. The van der Waals surface area contributed by atoms with Gasteiger partial charge >= 0.3 is 11.9 Å². The van der Waals surface area contributed by atoms with Crippen molar-refractivity contribution < 1.29 is 47.0 Å². The van der Waals surface area contributed by atoms with Crippen LogP contribution in [0.2, 0.25) is 0 Å². The summed E-state index contributed by atoms with van der Waals surface area (Å²) in [4.78, 5) is 45.9. The molecule has 0 saturated carbocycles. The molecule has 2 fully saturated rings. The van der Waals surface area contributed by atoms with E-state index in [1.165, 1.54) is 24.3 Å². The third-order valence-corrected chi connectivity index (χ3v) is 7.08. The largest absolute Gasteiger partial charge is 0.478 e. The molecule has 2 amide bonds. The van der Waals surface area contributed by atoms with Crippen molar-refractivity contribution in [2.75, 3.05) is 6.54 Å². The van der Waals surface area contributed by atoms with Crippen LogP contribution >= 0.6 is 0 Å². The summed E-state index contributed by atoms with van der Waals surface area (Å²) in [5, 5.41) is 18.2. The van der Waals surface area contributed by atoms with Crippen LogP contribution < -0.4 is 11.1 Å². The minimum Gasteiger partial charge on any atom is -0.478 e. The van der Waals surface area contributed by atoms with E-state index in [1.54, 1.807) is 4.90 Å². The Balaban J connectivity index is 0.000000507. The van der Waals surface area contributed by atoms with Crippen molar-refractivity contribution in [1.29, 1.82) is 0 Å². The fourth-order valence-electron chi connectivity index (χ4n) is 5.21. The summed E-state index contributed by atoms with van der Waals surface area (Å²) in [6, 6.07) is 5.90. The highest BCUT2D eigenvalue weighted by Gasteiger charge is 2.44. The number of carboxylic acids is 2. The number of nitrogens with one attached hydrogen (secondary N) is 1. The molecule has 220 valence electrons. The first-order valence-electron chi connectivity index (χ1n) is 12.7. The molecule has 2 saturated heterocycles. The molecule has 4 rings (SSSR count). The zero-order valence-electron chi connectivity index (χ0n) is 21.7. The van der Waals surface area contributed by atoms with Gasteiger partial charge in [-0.15, -0.1) is 0 Å². The number of carbonyl (C=O) groups excluding carboxylic acids is 2. The van der Waals surface area contributed by atoms with Crippen molar-refractivity contribution >= 4 is 23.8 Å². The van der Waals surface area contributed by atoms with E-state index in [-0.39, 0.29) is 48.0 Å². The summed E-state index contributed by atoms with van der Waals surface area (Å²) in [7, 11) is 0. The van der Waals surface area contributed by atoms with Crippen molar-refractivity contribution in [2.24, 2.45) is 11.7 Å². The Morgan fingerprint density at radius 3 is 1.98 bits per heavy atom. The van der Waals surface area contributed by atoms with Crippen LogP contribution in [-0.2, 0) is 20.8 Å². The smallest absolute Gasteiger partial charge is 0.328 e. The lowest BCUT2D eigenvalue weighted by Gasteiger charge is -2.41. The van der Waals surface area contributed by atoms with E-state index in [9.17, 15) is 36.7 Å². The van der Waals surface area contributed by atoms with Gasteiger partial charge in [-0.2, -0.15) is 0 Å². The number of hydrogen-bond donors (Lipinski definition) is 4. The highest BCUT2D eigenvalue weighted by molar-refractivity contribution is 5.96. The molecule has 2 aliphatic heterocycles. The maximum absolute atomic E-state index is 14.0. The quantitative estimate of drug-likeness (QED) is 0.213. The molecule has 4 atom stereocenters. The number of nitrogens with two attached hydrogens (primary N) is 1. The molecule has 2 heterocycles. The molecule has 2 aliphatic rings. The van der Waals surface area contributed by atoms with Gasteiger partial charge in [-0.3, -0.25) is 9.59 Å². The summed E-state index contributed by atoms with van der Waals surface area (Å²) >= 11 is 0. The molecule has 2 aromatic carbocycles. The SMILES string of the molecule is N[C@H](Cc1cc(F)c(F)cc1F)C1C[C@H]2CC[C@@H](C1)N2C(=O)CNC(=O)c1ccc(F)cc1.O=C(O)/C=C\C(=O)O. The first kappa shape index (κ1) is 31.3. The normalized spacial score (nSPS) is 20.2. The Morgan fingerprint density at radius 2 is 1.44 bits per heavy atom. The Bertz CT molecular complexity index is 1290. The van der Waals surface area contributed by atoms with Crippen LogP contribution in [0.3, 0.4) is 0 Å². The van der Waals surface area contributed by atoms with Gasteiger partial charge in [0, 0.05) is 41.9 Å². The third kappa shape index (κ3) is 8.61. The Morgan fingerprint density at radius 1 is 0.902 bits per heavy atom. The average Bonchev–Trinajstić information content (AvgIpc) is 3.18. The van der Waals surface area contributed by atoms with E-state index in [4.69, 9.17) is 15.9 Å². The number of halogens is 4. The summed E-state index contributed by atoms with van der Waals surface area (Å²) < 4.78 is 53.7. The second-order valence-electron chi connectivity index (χ2n) is 9.84. The molecule has 9 nitrogen and oxygen atoms in total. The molecule has 13 heteroatoms. The van der Waals surface area contributed by atoms with Crippen LogP contribution in [0.4, 0.5) is 17.6 Å². The van der Waals surface area contributed by atoms with Crippen LogP contribution in [0.25, 0.3) is 0 Å². The van der Waals surface area contributed by atoms with Gasteiger partial charge in [-0.1, -0.05) is 0 Å². The molecule has 41 heavy (non-hydrogen) atoms. The van der Waals surface area contributed by atoms with Gasteiger partial charge in [0.1, 0.15) is 11.6 Å². The topological polar surface area (TPSA) is 150 Å². The minimum atomic E-state index is -1.26. The number of amides is 2. The van der Waals surface area contributed by atoms with Gasteiger partial charge in [-0.05, 0) is 73.9 Å². The summed E-state index contributed by atoms with van der Waals surface area (Å²) in [6.07, 6.45) is 4.07. The van der Waals surface area contributed by atoms with Crippen LogP contribution in [0.1, 0.15) is 41.6 Å². The number of hydrogen-bond acceptors (Lipinski definition) is 5. The van der Waals surface area contributed by atoms with Crippen molar-refractivity contribution in [3.63, 3.8) is 0 Å². The number of nitrogens with zero attached hydrogens (tertiary/aromatic N) is 1. The lowest BCUT2D eigenvalue weighted by Crippen LogP contribution is -2.52. The van der Waals surface area contributed by atoms with Gasteiger partial charge < -0.3 is 26.2 Å². The lowest BCUT2D eigenvalue weighted by molar-refractivity contribution is -0.135. The number of rotatable bonds is 8. The first-order chi connectivity index (χ1) is 19.3. The Kier molecular flexibility index (Phi) is 10.6. The Labute approximate surface area is 232 Å².